The van der Waals surface area contributed by atoms with Crippen LogP contribution in [0.25, 0.3) is 5.69 Å². The first-order valence-electron chi connectivity index (χ1n) is 9.91. The number of aryl methyl sites for hydroxylation is 1. The molecule has 1 aromatic heterocycles. The highest BCUT2D eigenvalue weighted by molar-refractivity contribution is 6.30. The van der Waals surface area contributed by atoms with E-state index in [0.717, 1.165) is 34.1 Å². The molecule has 0 aliphatic carbocycles. The van der Waals surface area contributed by atoms with E-state index in [9.17, 15) is 4.79 Å². The normalized spacial score (nSPS) is 10.7. The van der Waals surface area contributed by atoms with Gasteiger partial charge in [0.05, 0.1) is 22.8 Å². The predicted molar refractivity (Wildman–Crippen MR) is 123 cm³/mol. The highest BCUT2D eigenvalue weighted by atomic mass is 35.5. The molecule has 6 heteroatoms. The zero-order valence-electron chi connectivity index (χ0n) is 17.3. The van der Waals surface area contributed by atoms with E-state index in [1.54, 1.807) is 24.3 Å². The third-order valence-electron chi connectivity index (χ3n) is 4.97. The molecule has 0 saturated carbocycles. The predicted octanol–water partition coefficient (Wildman–Crippen LogP) is 5.97. The molecule has 156 valence electrons. The first-order chi connectivity index (χ1) is 15.0. The van der Waals surface area contributed by atoms with Gasteiger partial charge in [0.15, 0.2) is 0 Å². The molecule has 1 heterocycles. The van der Waals surface area contributed by atoms with E-state index >= 15 is 0 Å². The highest BCUT2D eigenvalue weighted by Gasteiger charge is 2.16. The molecule has 0 unspecified atom stereocenters. The van der Waals surface area contributed by atoms with Crippen molar-refractivity contribution in [2.45, 2.75) is 20.5 Å². The summed E-state index contributed by atoms with van der Waals surface area (Å²) in [6.45, 7) is 4.24. The number of anilines is 1. The topological polar surface area (TPSA) is 56.2 Å². The quantitative estimate of drug-likeness (QED) is 0.409. The number of para-hydroxylation sites is 1. The third kappa shape index (κ3) is 4.78. The number of ether oxygens (including phenoxy) is 1. The van der Waals surface area contributed by atoms with Crippen molar-refractivity contribution in [3.05, 3.63) is 106 Å². The Hall–Kier alpha value is -3.57. The molecule has 0 atom stereocenters. The molecule has 1 amide bonds. The lowest BCUT2D eigenvalue weighted by atomic mass is 10.1. The van der Waals surface area contributed by atoms with Crippen LogP contribution in [0.1, 0.15) is 27.3 Å². The molecule has 0 radical (unpaired) electrons. The summed E-state index contributed by atoms with van der Waals surface area (Å²) in [4.78, 5) is 12.8. The fourth-order valence-electron chi connectivity index (χ4n) is 3.28. The maximum Gasteiger partial charge on any atom is 0.255 e. The summed E-state index contributed by atoms with van der Waals surface area (Å²) in [7, 11) is 0. The second-order valence-corrected chi connectivity index (χ2v) is 7.62. The Morgan fingerprint density at radius 3 is 2.32 bits per heavy atom. The molecule has 0 bridgehead atoms. The van der Waals surface area contributed by atoms with Crippen LogP contribution in [0.2, 0.25) is 5.02 Å². The lowest BCUT2D eigenvalue weighted by Crippen LogP contribution is -2.13. The average molecular weight is 432 g/mol. The zero-order valence-corrected chi connectivity index (χ0v) is 18.1. The molecule has 4 aromatic rings. The van der Waals surface area contributed by atoms with Gasteiger partial charge in [0.1, 0.15) is 12.4 Å². The van der Waals surface area contributed by atoms with E-state index in [2.05, 4.69) is 10.4 Å². The number of hydrogen-bond acceptors (Lipinski definition) is 3. The van der Waals surface area contributed by atoms with Gasteiger partial charge < -0.3 is 10.1 Å². The van der Waals surface area contributed by atoms with E-state index in [-0.39, 0.29) is 5.91 Å². The summed E-state index contributed by atoms with van der Waals surface area (Å²) in [5.74, 6) is 0.566. The summed E-state index contributed by atoms with van der Waals surface area (Å²) < 4.78 is 7.58. The number of amides is 1. The number of carbonyl (C=O) groups is 1. The number of hydrogen-bond donors (Lipinski definition) is 1. The number of nitrogens with zero attached hydrogens (tertiary/aromatic N) is 2. The summed E-state index contributed by atoms with van der Waals surface area (Å²) in [6.07, 6.45) is 0. The van der Waals surface area contributed by atoms with Crippen molar-refractivity contribution in [1.82, 2.24) is 9.78 Å². The molecule has 31 heavy (non-hydrogen) atoms. The van der Waals surface area contributed by atoms with Crippen molar-refractivity contribution in [3.8, 4) is 11.4 Å². The van der Waals surface area contributed by atoms with Gasteiger partial charge in [-0.25, -0.2) is 4.68 Å². The van der Waals surface area contributed by atoms with Gasteiger partial charge >= 0.3 is 0 Å². The summed E-state index contributed by atoms with van der Waals surface area (Å²) in [6, 6.07) is 24.4. The molecule has 0 fully saturated rings. The van der Waals surface area contributed by atoms with Crippen molar-refractivity contribution in [1.29, 1.82) is 0 Å². The van der Waals surface area contributed by atoms with Gasteiger partial charge in [-0.1, -0.05) is 41.9 Å². The van der Waals surface area contributed by atoms with Crippen LogP contribution in [-0.2, 0) is 6.61 Å². The minimum Gasteiger partial charge on any atom is -0.489 e. The fraction of sp³-hybridized carbons (Fsp3) is 0.120. The second kappa shape index (κ2) is 9.06. The maximum atomic E-state index is 12.8. The molecule has 4 rings (SSSR count). The van der Waals surface area contributed by atoms with Crippen LogP contribution in [0.15, 0.2) is 78.9 Å². The number of aromatic nitrogens is 2. The number of halogens is 1. The minimum absolute atomic E-state index is 0.177. The molecule has 3 aromatic carbocycles. The van der Waals surface area contributed by atoms with Gasteiger partial charge in [0.25, 0.3) is 5.91 Å². The maximum absolute atomic E-state index is 12.8. The molecule has 0 aliphatic heterocycles. The number of benzene rings is 3. The molecular formula is C25H22ClN3O2. The van der Waals surface area contributed by atoms with E-state index < -0.39 is 0 Å². The smallest absolute Gasteiger partial charge is 0.255 e. The fourth-order valence-corrected chi connectivity index (χ4v) is 3.41. The molecule has 0 spiro atoms. The van der Waals surface area contributed by atoms with Crippen LogP contribution in [0, 0.1) is 13.8 Å². The van der Waals surface area contributed by atoms with Crippen LogP contribution in [0.5, 0.6) is 5.75 Å². The van der Waals surface area contributed by atoms with Crippen LogP contribution in [0.3, 0.4) is 0 Å². The third-order valence-corrected chi connectivity index (χ3v) is 5.22. The monoisotopic (exact) mass is 431 g/mol. The Balaban J connectivity index is 1.43. The number of carbonyl (C=O) groups excluding carboxylic acids is 1. The van der Waals surface area contributed by atoms with Crippen LogP contribution in [0.4, 0.5) is 5.69 Å². The van der Waals surface area contributed by atoms with E-state index in [4.69, 9.17) is 16.3 Å². The summed E-state index contributed by atoms with van der Waals surface area (Å²) in [5, 5.41) is 8.25. The second-order valence-electron chi connectivity index (χ2n) is 7.19. The molecule has 1 N–H and O–H groups in total. The van der Waals surface area contributed by atoms with Gasteiger partial charge in [-0.15, -0.1) is 0 Å². The van der Waals surface area contributed by atoms with Gasteiger partial charge in [-0.3, -0.25) is 4.79 Å². The van der Waals surface area contributed by atoms with Gasteiger partial charge in [-0.05, 0) is 67.9 Å². The molecule has 5 nitrogen and oxygen atoms in total. The SMILES string of the molecule is Cc1nn(-c2ccccc2)c(C)c1NC(=O)c1ccc(COc2ccc(Cl)cc2)cc1. The van der Waals surface area contributed by atoms with E-state index in [1.165, 1.54) is 0 Å². The van der Waals surface area contributed by atoms with E-state index in [1.807, 2.05) is 73.1 Å². The largest absolute Gasteiger partial charge is 0.489 e. The average Bonchev–Trinajstić information content (AvgIpc) is 3.08. The Morgan fingerprint density at radius 1 is 0.968 bits per heavy atom. The Kier molecular flexibility index (Phi) is 6.05. The first-order valence-corrected chi connectivity index (χ1v) is 10.3. The van der Waals surface area contributed by atoms with Crippen molar-refractivity contribution in [3.63, 3.8) is 0 Å². The standard InChI is InChI=1S/C25H22ClN3O2/c1-17-24(18(2)29(28-17)22-6-4-3-5-7-22)27-25(30)20-10-8-19(9-11-20)16-31-23-14-12-21(26)13-15-23/h3-15H,16H2,1-2H3,(H,27,30). The van der Waals surface area contributed by atoms with E-state index in [0.29, 0.717) is 17.2 Å². The minimum atomic E-state index is -0.177. The van der Waals surface area contributed by atoms with Crippen molar-refractivity contribution in [2.24, 2.45) is 0 Å². The van der Waals surface area contributed by atoms with Gasteiger partial charge in [-0.2, -0.15) is 5.10 Å². The van der Waals surface area contributed by atoms with Crippen LogP contribution in [-0.4, -0.2) is 15.7 Å². The number of rotatable bonds is 6. The lowest BCUT2D eigenvalue weighted by Gasteiger charge is -2.09. The molecular weight excluding hydrogens is 410 g/mol. The van der Waals surface area contributed by atoms with Crippen LogP contribution >= 0.6 is 11.6 Å². The first kappa shape index (κ1) is 20.7. The van der Waals surface area contributed by atoms with Crippen molar-refractivity contribution >= 4 is 23.2 Å². The van der Waals surface area contributed by atoms with Gasteiger partial charge in [0.2, 0.25) is 0 Å². The Bertz CT molecular complexity index is 1180. The van der Waals surface area contributed by atoms with Crippen molar-refractivity contribution in [2.75, 3.05) is 5.32 Å². The highest BCUT2D eigenvalue weighted by Crippen LogP contribution is 2.23. The lowest BCUT2D eigenvalue weighted by molar-refractivity contribution is 0.102. The Labute approximate surface area is 186 Å². The summed E-state index contributed by atoms with van der Waals surface area (Å²) in [5.41, 5.74) is 4.86. The zero-order chi connectivity index (χ0) is 21.8. The van der Waals surface area contributed by atoms with Crippen molar-refractivity contribution < 1.29 is 9.53 Å². The van der Waals surface area contributed by atoms with Gasteiger partial charge in [0, 0.05) is 10.6 Å². The summed E-state index contributed by atoms with van der Waals surface area (Å²) >= 11 is 5.89. The number of nitrogens with one attached hydrogen (secondary N) is 1. The Morgan fingerprint density at radius 2 is 1.65 bits per heavy atom. The molecule has 0 saturated heterocycles. The molecule has 0 aliphatic rings. The van der Waals surface area contributed by atoms with Crippen LogP contribution < -0.4 is 10.1 Å².